The third kappa shape index (κ3) is 3.60. The number of hydrogen-bond acceptors (Lipinski definition) is 3. The normalized spacial score (nSPS) is 9.31. The van der Waals surface area contributed by atoms with Crippen molar-refractivity contribution >= 4 is 5.97 Å². The van der Waals surface area contributed by atoms with Crippen molar-refractivity contribution in [2.45, 2.75) is 12.8 Å². The van der Waals surface area contributed by atoms with Gasteiger partial charge in [-0.15, -0.1) is 0 Å². The predicted octanol–water partition coefficient (Wildman–Crippen LogP) is 2.14. The van der Waals surface area contributed by atoms with Gasteiger partial charge in [0, 0.05) is 0 Å². The van der Waals surface area contributed by atoms with Gasteiger partial charge in [0.2, 0.25) is 0 Å². The number of carbonyl (C=O) groups is 1. The Labute approximate surface area is 77.2 Å². The van der Waals surface area contributed by atoms with Crippen LogP contribution >= 0.6 is 0 Å². The van der Waals surface area contributed by atoms with Crippen LogP contribution in [0.2, 0.25) is 0 Å². The van der Waals surface area contributed by atoms with Crippen LogP contribution in [0.25, 0.3) is 0 Å². The molecule has 1 aromatic carbocycles. The molecular weight excluding hydrogens is 168 g/mol. The van der Waals surface area contributed by atoms with E-state index in [4.69, 9.17) is 4.89 Å². The molecule has 0 aliphatic rings. The summed E-state index contributed by atoms with van der Waals surface area (Å²) in [5, 5.41) is 0. The van der Waals surface area contributed by atoms with Gasteiger partial charge < -0.3 is 0 Å². The first kappa shape index (κ1) is 9.58. The summed E-state index contributed by atoms with van der Waals surface area (Å²) in [6, 6.07) is 8.86. The second kappa shape index (κ2) is 5.19. The number of benzene rings is 1. The third-order valence-electron chi connectivity index (χ3n) is 1.35. The highest BCUT2D eigenvalue weighted by atomic mass is 17.2. The van der Waals surface area contributed by atoms with Crippen LogP contribution in [-0.2, 0) is 9.68 Å². The van der Waals surface area contributed by atoms with Crippen LogP contribution in [-0.4, -0.2) is 5.97 Å². The predicted molar refractivity (Wildman–Crippen MR) is 47.8 cm³/mol. The number of rotatable bonds is 4. The maximum absolute atomic E-state index is 10.8. The van der Waals surface area contributed by atoms with Crippen LogP contribution in [0, 0.1) is 6.92 Å². The van der Waals surface area contributed by atoms with Crippen molar-refractivity contribution in [2.24, 2.45) is 0 Å². The average molecular weight is 179 g/mol. The molecule has 0 unspecified atom stereocenters. The summed E-state index contributed by atoms with van der Waals surface area (Å²) in [7, 11) is 0. The summed E-state index contributed by atoms with van der Waals surface area (Å²) in [5.41, 5.74) is 0. The van der Waals surface area contributed by atoms with E-state index in [2.05, 4.69) is 11.8 Å². The molecule has 1 radical (unpaired) electrons. The van der Waals surface area contributed by atoms with Crippen LogP contribution in [0.3, 0.4) is 0 Å². The average Bonchev–Trinajstić information content (AvgIpc) is 2.17. The lowest BCUT2D eigenvalue weighted by Crippen LogP contribution is -2.06. The Hall–Kier alpha value is -1.51. The van der Waals surface area contributed by atoms with Gasteiger partial charge >= 0.3 is 5.97 Å². The summed E-state index contributed by atoms with van der Waals surface area (Å²) in [6.07, 6.45) is 0.782. The van der Waals surface area contributed by atoms with E-state index in [0.29, 0.717) is 12.2 Å². The van der Waals surface area contributed by atoms with E-state index in [1.807, 2.05) is 6.07 Å². The fourth-order valence-electron chi connectivity index (χ4n) is 0.757. The quantitative estimate of drug-likeness (QED) is 0.524. The topological polar surface area (TPSA) is 35.5 Å². The highest BCUT2D eigenvalue weighted by Crippen LogP contribution is 2.08. The zero-order valence-electron chi connectivity index (χ0n) is 7.23. The molecule has 0 saturated heterocycles. The molecule has 0 bridgehead atoms. The van der Waals surface area contributed by atoms with E-state index in [1.165, 1.54) is 0 Å². The Morgan fingerprint density at radius 2 is 2.00 bits per heavy atom. The number of hydrogen-bond donors (Lipinski definition) is 0. The minimum atomic E-state index is -0.404. The van der Waals surface area contributed by atoms with Crippen LogP contribution < -0.4 is 4.89 Å². The first-order chi connectivity index (χ1) is 6.33. The van der Waals surface area contributed by atoms with Crippen molar-refractivity contribution in [1.82, 2.24) is 0 Å². The largest absolute Gasteiger partial charge is 0.355 e. The Balaban J connectivity index is 2.31. The lowest BCUT2D eigenvalue weighted by atomic mass is 10.3. The molecule has 0 aliphatic heterocycles. The van der Waals surface area contributed by atoms with E-state index in [1.54, 1.807) is 24.3 Å². The van der Waals surface area contributed by atoms with Crippen LogP contribution in [0.15, 0.2) is 30.3 Å². The van der Waals surface area contributed by atoms with Gasteiger partial charge in [-0.25, -0.2) is 4.79 Å². The summed E-state index contributed by atoms with van der Waals surface area (Å²) in [5.74, 6) is 0.110. The van der Waals surface area contributed by atoms with Gasteiger partial charge in [0.25, 0.3) is 0 Å². The van der Waals surface area contributed by atoms with Crippen molar-refractivity contribution in [1.29, 1.82) is 0 Å². The minimum Gasteiger partial charge on any atom is -0.287 e. The molecule has 0 atom stereocenters. The monoisotopic (exact) mass is 179 g/mol. The maximum atomic E-state index is 10.8. The molecule has 0 spiro atoms. The number of para-hydroxylation sites is 1. The molecule has 0 fully saturated rings. The molecule has 0 saturated carbocycles. The van der Waals surface area contributed by atoms with E-state index in [-0.39, 0.29) is 6.42 Å². The van der Waals surface area contributed by atoms with E-state index < -0.39 is 5.97 Å². The molecule has 0 aliphatic carbocycles. The molecular formula is C10H11O3. The lowest BCUT2D eigenvalue weighted by Gasteiger charge is -2.02. The molecule has 3 nitrogen and oxygen atoms in total. The maximum Gasteiger partial charge on any atom is 0.355 e. The molecule has 13 heavy (non-hydrogen) atoms. The molecule has 0 aromatic heterocycles. The van der Waals surface area contributed by atoms with E-state index >= 15 is 0 Å². The summed E-state index contributed by atoms with van der Waals surface area (Å²) >= 11 is 0. The SMILES string of the molecule is [CH2]CCC(=O)OOc1ccccc1. The van der Waals surface area contributed by atoms with Gasteiger partial charge in [0.15, 0.2) is 5.75 Å². The van der Waals surface area contributed by atoms with Crippen LogP contribution in [0.5, 0.6) is 5.75 Å². The fraction of sp³-hybridized carbons (Fsp3) is 0.200. The first-order valence-electron chi connectivity index (χ1n) is 4.04. The van der Waals surface area contributed by atoms with Gasteiger partial charge in [0.05, 0.1) is 6.42 Å². The van der Waals surface area contributed by atoms with Crippen molar-refractivity contribution in [2.75, 3.05) is 0 Å². The molecule has 3 heteroatoms. The Morgan fingerprint density at radius 3 is 2.62 bits per heavy atom. The molecule has 0 heterocycles. The van der Waals surface area contributed by atoms with E-state index in [9.17, 15) is 4.79 Å². The lowest BCUT2D eigenvalue weighted by molar-refractivity contribution is -0.213. The highest BCUT2D eigenvalue weighted by Gasteiger charge is 2.02. The van der Waals surface area contributed by atoms with Gasteiger partial charge in [-0.1, -0.05) is 25.1 Å². The summed E-state index contributed by atoms with van der Waals surface area (Å²) in [6.45, 7) is 3.52. The zero-order chi connectivity index (χ0) is 9.52. The van der Waals surface area contributed by atoms with Crippen molar-refractivity contribution < 1.29 is 14.6 Å². The van der Waals surface area contributed by atoms with Crippen molar-refractivity contribution in [3.63, 3.8) is 0 Å². The van der Waals surface area contributed by atoms with Gasteiger partial charge in [-0.3, -0.25) is 9.78 Å². The molecule has 69 valence electrons. The Kier molecular flexibility index (Phi) is 3.82. The smallest absolute Gasteiger partial charge is 0.287 e. The minimum absolute atomic E-state index is 0.271. The second-order valence-corrected chi connectivity index (χ2v) is 2.46. The van der Waals surface area contributed by atoms with Gasteiger partial charge in [-0.05, 0) is 18.6 Å². The summed E-state index contributed by atoms with van der Waals surface area (Å²) in [4.78, 5) is 20.1. The molecule has 0 amide bonds. The van der Waals surface area contributed by atoms with E-state index in [0.717, 1.165) is 0 Å². The summed E-state index contributed by atoms with van der Waals surface area (Å²) < 4.78 is 0. The Bertz CT molecular complexity index is 256. The van der Waals surface area contributed by atoms with Gasteiger partial charge in [0.1, 0.15) is 0 Å². The fourth-order valence-corrected chi connectivity index (χ4v) is 0.757. The number of carbonyl (C=O) groups excluding carboxylic acids is 1. The van der Waals surface area contributed by atoms with Crippen molar-refractivity contribution in [3.05, 3.63) is 37.3 Å². The standard InChI is InChI=1S/C10H11O3/c1-2-6-10(11)13-12-9-7-4-3-5-8-9/h3-5,7-8H,1-2,6H2. The second-order valence-electron chi connectivity index (χ2n) is 2.46. The zero-order valence-corrected chi connectivity index (χ0v) is 7.23. The molecule has 1 rings (SSSR count). The highest BCUT2D eigenvalue weighted by molar-refractivity contribution is 5.68. The third-order valence-corrected chi connectivity index (χ3v) is 1.35. The van der Waals surface area contributed by atoms with Crippen LogP contribution in [0.4, 0.5) is 0 Å². The molecule has 1 aromatic rings. The Morgan fingerprint density at radius 1 is 1.31 bits per heavy atom. The van der Waals surface area contributed by atoms with Crippen molar-refractivity contribution in [3.8, 4) is 5.75 Å². The first-order valence-corrected chi connectivity index (χ1v) is 4.04. The van der Waals surface area contributed by atoms with Crippen LogP contribution in [0.1, 0.15) is 12.8 Å². The van der Waals surface area contributed by atoms with Gasteiger partial charge in [-0.2, -0.15) is 0 Å². The molecule has 0 N–H and O–H groups in total.